The zero-order chi connectivity index (χ0) is 37.4. The van der Waals surface area contributed by atoms with E-state index < -0.39 is 6.04 Å². The number of nitrogens with zero attached hydrogens (tertiary/aromatic N) is 3. The quantitative estimate of drug-likeness (QED) is 0.122. The number of nitrogens with one attached hydrogen (secondary N) is 2. The summed E-state index contributed by atoms with van der Waals surface area (Å²) in [5.74, 6) is 2.18. The van der Waals surface area contributed by atoms with Crippen LogP contribution in [0.2, 0.25) is 0 Å². The summed E-state index contributed by atoms with van der Waals surface area (Å²) in [7, 11) is 0. The van der Waals surface area contributed by atoms with Gasteiger partial charge in [0.05, 0.1) is 18.8 Å². The molecule has 4 atom stereocenters. The van der Waals surface area contributed by atoms with Crippen LogP contribution < -0.4 is 10.6 Å². The highest BCUT2D eigenvalue weighted by Gasteiger charge is 2.48. The fraction of sp³-hybridized carbons (Fsp3) is 0.886. The van der Waals surface area contributed by atoms with Crippen molar-refractivity contribution in [1.82, 2.24) is 25.3 Å². The Bertz CT molecular complexity index is 1280. The summed E-state index contributed by atoms with van der Waals surface area (Å²) in [6.45, 7) is 11.6. The molecule has 4 saturated carbocycles. The second kappa shape index (κ2) is 19.5. The summed E-state index contributed by atoms with van der Waals surface area (Å²) in [5.41, 5.74) is 3.69. The molecule has 3 aliphatic heterocycles. The van der Waals surface area contributed by atoms with Gasteiger partial charge in [0.15, 0.2) is 0 Å². The first kappa shape index (κ1) is 40.4. The number of ether oxygens (including phenoxy) is 1. The van der Waals surface area contributed by atoms with E-state index in [0.717, 1.165) is 103 Å². The maximum absolute atomic E-state index is 13.1. The van der Waals surface area contributed by atoms with Crippen molar-refractivity contribution in [2.24, 2.45) is 29.6 Å². The van der Waals surface area contributed by atoms with Gasteiger partial charge in [0.1, 0.15) is 6.04 Å². The molecule has 0 spiro atoms. The molecule has 0 aromatic heterocycles. The van der Waals surface area contributed by atoms with Gasteiger partial charge in [-0.2, -0.15) is 0 Å². The van der Waals surface area contributed by atoms with Crippen LogP contribution in [0.3, 0.4) is 0 Å². The van der Waals surface area contributed by atoms with Crippen LogP contribution in [0.1, 0.15) is 135 Å². The minimum atomic E-state index is -0.477. The molecule has 3 amide bonds. The number of rotatable bonds is 14. The number of allylic oxidation sites excluding steroid dienone is 2. The number of carbonyl (C=O) groups is 3. The van der Waals surface area contributed by atoms with E-state index in [-0.39, 0.29) is 29.7 Å². The molecule has 54 heavy (non-hydrogen) atoms. The fourth-order valence-electron chi connectivity index (χ4n) is 12.0. The molecule has 7 rings (SSSR count). The van der Waals surface area contributed by atoms with E-state index in [1.54, 1.807) is 4.90 Å². The summed E-state index contributed by atoms with van der Waals surface area (Å²) < 4.78 is 6.55. The number of aliphatic hydroxyl groups excluding tert-OH is 1. The lowest BCUT2D eigenvalue weighted by Gasteiger charge is -2.40. The van der Waals surface area contributed by atoms with Crippen LogP contribution in [0, 0.1) is 29.6 Å². The van der Waals surface area contributed by atoms with E-state index in [0.29, 0.717) is 43.4 Å². The van der Waals surface area contributed by atoms with Crippen LogP contribution in [0.5, 0.6) is 0 Å². The summed E-state index contributed by atoms with van der Waals surface area (Å²) in [6.07, 6.45) is 22.7. The molecule has 7 fully saturated rings. The summed E-state index contributed by atoms with van der Waals surface area (Å²) in [6, 6.07) is -0.0384. The van der Waals surface area contributed by atoms with E-state index in [4.69, 9.17) is 4.74 Å². The number of hydrogen-bond acceptors (Lipinski definition) is 8. The molecular weight excluding hydrogens is 679 g/mol. The van der Waals surface area contributed by atoms with Crippen molar-refractivity contribution >= 4 is 17.7 Å². The van der Waals surface area contributed by atoms with Gasteiger partial charge in [-0.15, -0.1) is 0 Å². The number of piperidine rings is 1. The van der Waals surface area contributed by atoms with E-state index in [9.17, 15) is 19.5 Å². The van der Waals surface area contributed by atoms with Gasteiger partial charge in [-0.05, 0) is 139 Å². The molecule has 3 N–H and O–H groups in total. The van der Waals surface area contributed by atoms with Crippen LogP contribution >= 0.6 is 0 Å². The van der Waals surface area contributed by atoms with Crippen LogP contribution in [0.25, 0.3) is 0 Å². The molecule has 7 aliphatic rings. The lowest BCUT2D eigenvalue weighted by Crippen LogP contribution is -2.53. The van der Waals surface area contributed by atoms with E-state index in [1.165, 1.54) is 77.0 Å². The Morgan fingerprint density at radius 1 is 0.796 bits per heavy atom. The number of imide groups is 1. The maximum Gasteiger partial charge on any atom is 0.249 e. The number of amides is 3. The van der Waals surface area contributed by atoms with Crippen LogP contribution in [0.4, 0.5) is 0 Å². The second-order valence-corrected chi connectivity index (χ2v) is 18.3. The second-order valence-electron chi connectivity index (χ2n) is 18.3. The van der Waals surface area contributed by atoms with E-state index in [1.807, 2.05) is 11.1 Å². The number of aliphatic hydroxyl groups is 1. The molecule has 3 saturated heterocycles. The Hall–Kier alpha value is -1.85. The fourth-order valence-corrected chi connectivity index (χ4v) is 12.0. The van der Waals surface area contributed by atoms with Gasteiger partial charge in [-0.3, -0.25) is 24.6 Å². The van der Waals surface area contributed by atoms with Crippen LogP contribution in [0.15, 0.2) is 11.1 Å². The lowest BCUT2D eigenvalue weighted by atomic mass is 9.68. The number of carbonyl (C=O) groups excluding carboxylic acids is 3. The number of fused-ring (bicyclic) bond motifs is 1. The minimum Gasteiger partial charge on any atom is -0.393 e. The van der Waals surface area contributed by atoms with Crippen molar-refractivity contribution in [2.75, 3.05) is 59.0 Å². The van der Waals surface area contributed by atoms with Crippen LogP contribution in [-0.2, 0) is 19.1 Å². The molecule has 4 aliphatic carbocycles. The smallest absolute Gasteiger partial charge is 0.249 e. The average Bonchev–Trinajstić information content (AvgIpc) is 3.52. The third-order valence-corrected chi connectivity index (χ3v) is 15.0. The van der Waals surface area contributed by atoms with E-state index in [2.05, 4.69) is 27.4 Å². The van der Waals surface area contributed by atoms with Gasteiger partial charge < -0.3 is 25.0 Å². The molecule has 304 valence electrons. The highest BCUT2D eigenvalue weighted by molar-refractivity contribution is 6.02. The molecule has 0 radical (unpaired) electrons. The van der Waals surface area contributed by atoms with Crippen molar-refractivity contribution in [3.05, 3.63) is 11.1 Å². The summed E-state index contributed by atoms with van der Waals surface area (Å²) in [4.78, 5) is 44.1. The van der Waals surface area contributed by atoms with Gasteiger partial charge in [0.25, 0.3) is 0 Å². The minimum absolute atomic E-state index is 0.0359. The Labute approximate surface area is 325 Å². The number of piperazine rings is 1. The SMILES string of the molecule is CC/C(=C(\C1CCC(O)CC1)C1CCC(OCCN2CCN(CCCNC3CCC4C(=O)N(C5CCC(=O)NC5=O)CC4C3)CC2)CC1)C1CCCCC1. The van der Waals surface area contributed by atoms with Gasteiger partial charge >= 0.3 is 0 Å². The zero-order valence-corrected chi connectivity index (χ0v) is 33.6. The predicted octanol–water partition coefficient (Wildman–Crippen LogP) is 5.43. The third kappa shape index (κ3) is 10.2. The Morgan fingerprint density at radius 3 is 2.17 bits per heavy atom. The van der Waals surface area contributed by atoms with Crippen molar-refractivity contribution in [1.29, 1.82) is 0 Å². The van der Waals surface area contributed by atoms with Crippen molar-refractivity contribution in [2.45, 2.75) is 160 Å². The topological polar surface area (TPSA) is 114 Å². The highest BCUT2D eigenvalue weighted by atomic mass is 16.5. The van der Waals surface area contributed by atoms with Crippen molar-refractivity contribution in [3.8, 4) is 0 Å². The molecule has 10 nitrogen and oxygen atoms in total. The summed E-state index contributed by atoms with van der Waals surface area (Å²) >= 11 is 0. The first-order valence-electron chi connectivity index (χ1n) is 22.7. The molecule has 0 aromatic rings. The van der Waals surface area contributed by atoms with Crippen LogP contribution in [-0.4, -0.2) is 121 Å². The summed E-state index contributed by atoms with van der Waals surface area (Å²) in [5, 5.41) is 16.5. The van der Waals surface area contributed by atoms with Gasteiger partial charge in [-0.1, -0.05) is 37.3 Å². The average molecular weight is 752 g/mol. The normalized spacial score (nSPS) is 35.5. The zero-order valence-electron chi connectivity index (χ0n) is 33.6. The van der Waals surface area contributed by atoms with Crippen molar-refractivity contribution < 1.29 is 24.2 Å². The monoisotopic (exact) mass is 752 g/mol. The predicted molar refractivity (Wildman–Crippen MR) is 212 cm³/mol. The Kier molecular flexibility index (Phi) is 14.6. The molecule has 0 aromatic carbocycles. The number of hydrogen-bond donors (Lipinski definition) is 3. The molecule has 4 unspecified atom stereocenters. The standard InChI is InChI=1S/C44H73N5O5/c1-2-38(31-7-4-3-5-8-31)42(32-9-14-36(50)15-10-32)33-11-16-37(17-12-33)54-28-27-48-25-23-47(24-26-48)22-6-21-45-35-13-18-39-34(29-35)30-49(44(39)53)40-19-20-41(51)46-43(40)52/h31-37,39-40,45,50H,2-30H2,1H3,(H,46,51,52)/b42-38-. The van der Waals surface area contributed by atoms with Crippen molar-refractivity contribution in [3.63, 3.8) is 0 Å². The first-order chi connectivity index (χ1) is 26.4. The largest absolute Gasteiger partial charge is 0.393 e. The molecular formula is C44H73N5O5. The first-order valence-corrected chi connectivity index (χ1v) is 22.7. The molecule has 0 bridgehead atoms. The third-order valence-electron chi connectivity index (χ3n) is 15.0. The van der Waals surface area contributed by atoms with Gasteiger partial charge in [0.2, 0.25) is 17.7 Å². The van der Waals surface area contributed by atoms with Gasteiger partial charge in [0, 0.05) is 57.6 Å². The Morgan fingerprint density at radius 2 is 1.48 bits per heavy atom. The van der Waals surface area contributed by atoms with Gasteiger partial charge in [-0.25, -0.2) is 0 Å². The number of likely N-dealkylation sites (tertiary alicyclic amines) is 1. The lowest BCUT2D eigenvalue weighted by molar-refractivity contribution is -0.144. The maximum atomic E-state index is 13.1. The highest BCUT2D eigenvalue weighted by Crippen LogP contribution is 2.46. The Balaban J connectivity index is 0.761. The van der Waals surface area contributed by atoms with E-state index >= 15 is 0 Å². The molecule has 3 heterocycles. The molecule has 10 heteroatoms.